The average Bonchev–Trinajstić information content (AvgIpc) is 2.60. The number of carbonyl (C=O) groups is 1. The highest BCUT2D eigenvalue weighted by Gasteiger charge is 2.35. The lowest BCUT2D eigenvalue weighted by molar-refractivity contribution is -0.137. The minimum absolute atomic E-state index is 0.0723. The summed E-state index contributed by atoms with van der Waals surface area (Å²) in [5, 5.41) is 8.67. The van der Waals surface area contributed by atoms with Gasteiger partial charge in [-0.3, -0.25) is 4.72 Å². The van der Waals surface area contributed by atoms with Gasteiger partial charge in [-0.25, -0.2) is 13.2 Å². The molecule has 0 fully saturated rings. The molecule has 0 heterocycles. The van der Waals surface area contributed by atoms with E-state index in [1.165, 1.54) is 13.2 Å². The molecule has 0 radical (unpaired) electrons. The summed E-state index contributed by atoms with van der Waals surface area (Å²) < 4.78 is 76.1. The first-order valence-electron chi connectivity index (χ1n) is 7.29. The molecule has 2 aromatic carbocycles. The maximum absolute atomic E-state index is 13.0. The zero-order valence-electron chi connectivity index (χ0n) is 14.3. The Labute approximate surface area is 162 Å². The van der Waals surface area contributed by atoms with E-state index in [-0.39, 0.29) is 11.5 Å². The van der Waals surface area contributed by atoms with Gasteiger partial charge in [0.2, 0.25) is 0 Å². The van der Waals surface area contributed by atoms with E-state index in [1.54, 1.807) is 0 Å². The molecule has 0 atom stereocenters. The summed E-state index contributed by atoms with van der Waals surface area (Å²) in [6.07, 6.45) is -4.88. The normalized spacial score (nSPS) is 11.8. The van der Waals surface area contributed by atoms with E-state index in [4.69, 9.17) is 21.1 Å². The van der Waals surface area contributed by atoms with Crippen molar-refractivity contribution in [2.45, 2.75) is 11.1 Å². The van der Waals surface area contributed by atoms with Crippen molar-refractivity contribution in [3.8, 4) is 11.5 Å². The van der Waals surface area contributed by atoms with Gasteiger partial charge in [-0.15, -0.1) is 0 Å². The molecule has 0 aromatic heterocycles. The Morgan fingerprint density at radius 1 is 1.14 bits per heavy atom. The molecule has 2 aromatic rings. The number of rotatable bonds is 6. The highest BCUT2D eigenvalue weighted by Crippen LogP contribution is 2.38. The van der Waals surface area contributed by atoms with Gasteiger partial charge in [0.1, 0.15) is 17.2 Å². The average molecular weight is 440 g/mol. The fraction of sp³-hybridized carbons (Fsp3) is 0.188. The summed E-state index contributed by atoms with van der Waals surface area (Å²) in [7, 11) is -2.20. The van der Waals surface area contributed by atoms with E-state index >= 15 is 0 Å². The molecule has 0 saturated heterocycles. The van der Waals surface area contributed by atoms with E-state index in [0.717, 1.165) is 25.3 Å². The number of carboxylic acid groups (broad SMARTS) is 1. The standard InChI is InChI=1S/C16H13ClF3NO6S/c1-26-8-5-10(15(22)23)14(13(6-8)27-2)21-28(24,25)9-3-4-12(17)11(7-9)16(18,19)20/h3-7,21H,1-2H3,(H,22,23). The van der Waals surface area contributed by atoms with Crippen LogP contribution in [0.15, 0.2) is 35.2 Å². The predicted octanol–water partition coefficient (Wildman–Crippen LogP) is 3.88. The summed E-state index contributed by atoms with van der Waals surface area (Å²) >= 11 is 5.49. The van der Waals surface area contributed by atoms with E-state index in [0.29, 0.717) is 6.07 Å². The van der Waals surface area contributed by atoms with Crippen molar-refractivity contribution in [3.05, 3.63) is 46.5 Å². The van der Waals surface area contributed by atoms with Crippen molar-refractivity contribution in [1.82, 2.24) is 0 Å². The van der Waals surface area contributed by atoms with Crippen LogP contribution in [0.4, 0.5) is 18.9 Å². The number of ether oxygens (including phenoxy) is 2. The van der Waals surface area contributed by atoms with Crippen LogP contribution < -0.4 is 14.2 Å². The molecule has 2 N–H and O–H groups in total. The number of hydrogen-bond acceptors (Lipinski definition) is 5. The van der Waals surface area contributed by atoms with Gasteiger partial charge in [0.05, 0.1) is 35.3 Å². The molecule has 28 heavy (non-hydrogen) atoms. The Hall–Kier alpha value is -2.66. The van der Waals surface area contributed by atoms with Crippen molar-refractivity contribution in [2.24, 2.45) is 0 Å². The van der Waals surface area contributed by atoms with Gasteiger partial charge in [0.25, 0.3) is 10.0 Å². The minimum atomic E-state index is -4.88. The summed E-state index contributed by atoms with van der Waals surface area (Å²) in [6.45, 7) is 0. The lowest BCUT2D eigenvalue weighted by atomic mass is 10.1. The van der Waals surface area contributed by atoms with Crippen LogP contribution in [-0.4, -0.2) is 33.7 Å². The van der Waals surface area contributed by atoms with Gasteiger partial charge in [-0.1, -0.05) is 11.6 Å². The first-order chi connectivity index (χ1) is 12.9. The quantitative estimate of drug-likeness (QED) is 0.708. The molecule has 0 aliphatic carbocycles. The van der Waals surface area contributed by atoms with Crippen molar-refractivity contribution in [3.63, 3.8) is 0 Å². The highest BCUT2D eigenvalue weighted by molar-refractivity contribution is 7.92. The molecule has 7 nitrogen and oxygen atoms in total. The van der Waals surface area contributed by atoms with Crippen LogP contribution in [0, 0.1) is 0 Å². The number of alkyl halides is 3. The minimum Gasteiger partial charge on any atom is -0.497 e. The molecule has 12 heteroatoms. The molecule has 0 aliphatic heterocycles. The molecular formula is C16H13ClF3NO6S. The summed E-state index contributed by atoms with van der Waals surface area (Å²) in [6, 6.07) is 4.23. The number of halogens is 4. The maximum atomic E-state index is 13.0. The highest BCUT2D eigenvalue weighted by atomic mass is 35.5. The molecule has 0 unspecified atom stereocenters. The number of anilines is 1. The Balaban J connectivity index is 2.61. The first-order valence-corrected chi connectivity index (χ1v) is 9.15. The molecule has 0 saturated carbocycles. The van der Waals surface area contributed by atoms with Crippen LogP contribution in [0.2, 0.25) is 5.02 Å². The number of nitrogens with one attached hydrogen (secondary N) is 1. The van der Waals surface area contributed by atoms with Crippen LogP contribution in [0.3, 0.4) is 0 Å². The number of carboxylic acids is 1. The topological polar surface area (TPSA) is 102 Å². The number of sulfonamides is 1. The zero-order valence-corrected chi connectivity index (χ0v) is 15.9. The van der Waals surface area contributed by atoms with Gasteiger partial charge >= 0.3 is 12.1 Å². The Bertz CT molecular complexity index is 1020. The summed E-state index contributed by atoms with van der Waals surface area (Å²) in [4.78, 5) is 10.7. The van der Waals surface area contributed by atoms with Gasteiger partial charge in [0, 0.05) is 6.07 Å². The van der Waals surface area contributed by atoms with E-state index in [9.17, 15) is 31.5 Å². The number of methoxy groups -OCH3 is 2. The van der Waals surface area contributed by atoms with Crippen molar-refractivity contribution in [2.75, 3.05) is 18.9 Å². The largest absolute Gasteiger partial charge is 0.497 e. The third-order valence-electron chi connectivity index (χ3n) is 3.55. The van der Waals surface area contributed by atoms with Crippen molar-refractivity contribution in [1.29, 1.82) is 0 Å². The fourth-order valence-electron chi connectivity index (χ4n) is 2.23. The second kappa shape index (κ2) is 7.76. The summed E-state index contributed by atoms with van der Waals surface area (Å²) in [5.74, 6) is -1.64. The number of aromatic carboxylic acids is 1. The Morgan fingerprint density at radius 2 is 1.79 bits per heavy atom. The van der Waals surface area contributed by atoms with E-state index in [1.807, 2.05) is 4.72 Å². The monoisotopic (exact) mass is 439 g/mol. The molecule has 0 bridgehead atoms. The van der Waals surface area contributed by atoms with Crippen LogP contribution >= 0.6 is 11.6 Å². The lowest BCUT2D eigenvalue weighted by Gasteiger charge is -2.16. The van der Waals surface area contributed by atoms with E-state index in [2.05, 4.69) is 0 Å². The van der Waals surface area contributed by atoms with Crippen LogP contribution in [0.25, 0.3) is 0 Å². The van der Waals surface area contributed by atoms with Gasteiger partial charge < -0.3 is 14.6 Å². The van der Waals surface area contributed by atoms with Gasteiger partial charge in [-0.2, -0.15) is 13.2 Å². The SMILES string of the molecule is COc1cc(OC)c(NS(=O)(=O)c2ccc(Cl)c(C(F)(F)F)c2)c(C(=O)O)c1. The van der Waals surface area contributed by atoms with Crippen LogP contribution in [0.5, 0.6) is 11.5 Å². The zero-order chi connectivity index (χ0) is 21.3. The summed E-state index contributed by atoms with van der Waals surface area (Å²) in [5.41, 5.74) is -2.35. The van der Waals surface area contributed by atoms with Crippen molar-refractivity contribution >= 4 is 33.3 Å². The fourth-order valence-corrected chi connectivity index (χ4v) is 3.57. The molecular weight excluding hydrogens is 427 g/mol. The lowest BCUT2D eigenvalue weighted by Crippen LogP contribution is -2.18. The predicted molar refractivity (Wildman–Crippen MR) is 93.8 cm³/mol. The molecule has 0 aliphatic rings. The second-order valence-electron chi connectivity index (χ2n) is 5.30. The number of benzene rings is 2. The Morgan fingerprint density at radius 3 is 2.29 bits per heavy atom. The Kier molecular flexibility index (Phi) is 6.00. The van der Waals surface area contributed by atoms with E-state index < -0.39 is 48.9 Å². The van der Waals surface area contributed by atoms with Crippen LogP contribution in [-0.2, 0) is 16.2 Å². The van der Waals surface area contributed by atoms with Crippen LogP contribution in [0.1, 0.15) is 15.9 Å². The smallest absolute Gasteiger partial charge is 0.417 e. The van der Waals surface area contributed by atoms with Gasteiger partial charge in [-0.05, 0) is 24.3 Å². The third kappa shape index (κ3) is 4.42. The maximum Gasteiger partial charge on any atom is 0.417 e. The molecule has 152 valence electrons. The third-order valence-corrected chi connectivity index (χ3v) is 5.23. The second-order valence-corrected chi connectivity index (χ2v) is 7.39. The molecule has 2 rings (SSSR count). The number of hydrogen-bond donors (Lipinski definition) is 2. The first kappa shape index (κ1) is 21.6. The molecule has 0 amide bonds. The molecule has 0 spiro atoms. The van der Waals surface area contributed by atoms with Gasteiger partial charge in [0.15, 0.2) is 0 Å². The van der Waals surface area contributed by atoms with Crippen molar-refractivity contribution < 1.29 is 41.0 Å².